The van der Waals surface area contributed by atoms with Gasteiger partial charge in [-0.05, 0) is 6.42 Å². The Labute approximate surface area is 78.6 Å². The van der Waals surface area contributed by atoms with Crippen molar-refractivity contribution in [3.05, 3.63) is 0 Å². The number of nitrogens with one attached hydrogen (secondary N) is 1. The molecule has 0 saturated heterocycles. The summed E-state index contributed by atoms with van der Waals surface area (Å²) in [5, 5.41) is 2.56. The Kier molecular flexibility index (Phi) is 4.45. The predicted octanol–water partition coefficient (Wildman–Crippen LogP) is 0.712. The van der Waals surface area contributed by atoms with E-state index in [2.05, 4.69) is 5.32 Å². The summed E-state index contributed by atoms with van der Waals surface area (Å²) in [7, 11) is 1.59. The van der Waals surface area contributed by atoms with Gasteiger partial charge < -0.3 is 10.1 Å². The average molecular weight is 187 g/mol. The quantitative estimate of drug-likeness (QED) is 0.659. The van der Waals surface area contributed by atoms with Crippen LogP contribution < -0.4 is 5.32 Å². The minimum atomic E-state index is -0.482. The SMILES string of the molecule is CNC(=O)C(C)(C)CCOC(C)=O. The van der Waals surface area contributed by atoms with Crippen molar-refractivity contribution in [2.45, 2.75) is 27.2 Å². The van der Waals surface area contributed by atoms with Crippen LogP contribution in [0.1, 0.15) is 27.2 Å². The van der Waals surface area contributed by atoms with Gasteiger partial charge in [-0.2, -0.15) is 0 Å². The van der Waals surface area contributed by atoms with E-state index in [4.69, 9.17) is 4.74 Å². The molecule has 0 atom stereocenters. The highest BCUT2D eigenvalue weighted by atomic mass is 16.5. The topological polar surface area (TPSA) is 55.4 Å². The van der Waals surface area contributed by atoms with Gasteiger partial charge in [-0.3, -0.25) is 9.59 Å². The van der Waals surface area contributed by atoms with Crippen molar-refractivity contribution in [1.82, 2.24) is 5.32 Å². The van der Waals surface area contributed by atoms with Gasteiger partial charge in [0.1, 0.15) is 0 Å². The number of hydrogen-bond donors (Lipinski definition) is 1. The van der Waals surface area contributed by atoms with Crippen molar-refractivity contribution >= 4 is 11.9 Å². The fourth-order valence-corrected chi connectivity index (χ4v) is 0.902. The first-order valence-electron chi connectivity index (χ1n) is 4.25. The summed E-state index contributed by atoms with van der Waals surface area (Å²) in [4.78, 5) is 21.7. The fourth-order valence-electron chi connectivity index (χ4n) is 0.902. The number of hydrogen-bond acceptors (Lipinski definition) is 3. The van der Waals surface area contributed by atoms with E-state index in [1.807, 2.05) is 13.8 Å². The molecular weight excluding hydrogens is 170 g/mol. The van der Waals surface area contributed by atoms with Crippen molar-refractivity contribution in [2.24, 2.45) is 5.41 Å². The van der Waals surface area contributed by atoms with E-state index in [1.165, 1.54) is 6.92 Å². The van der Waals surface area contributed by atoms with Crippen LogP contribution in [0, 0.1) is 5.41 Å². The summed E-state index contributed by atoms with van der Waals surface area (Å²) in [6.07, 6.45) is 0.534. The molecule has 0 bridgehead atoms. The summed E-state index contributed by atoms with van der Waals surface area (Å²) in [5.74, 6) is -0.354. The van der Waals surface area contributed by atoms with E-state index < -0.39 is 5.41 Å². The maximum absolute atomic E-state index is 11.3. The largest absolute Gasteiger partial charge is 0.466 e. The van der Waals surface area contributed by atoms with Crippen LogP contribution in [0.25, 0.3) is 0 Å². The van der Waals surface area contributed by atoms with Crippen molar-refractivity contribution in [3.63, 3.8) is 0 Å². The van der Waals surface area contributed by atoms with E-state index >= 15 is 0 Å². The van der Waals surface area contributed by atoms with Gasteiger partial charge >= 0.3 is 5.97 Å². The standard InChI is InChI=1S/C9H17NO3/c1-7(11)13-6-5-9(2,3)8(12)10-4/h5-6H2,1-4H3,(H,10,12). The zero-order chi connectivity index (χ0) is 10.5. The van der Waals surface area contributed by atoms with Crippen LogP contribution in [0.5, 0.6) is 0 Å². The van der Waals surface area contributed by atoms with E-state index in [0.717, 1.165) is 0 Å². The van der Waals surface area contributed by atoms with Gasteiger partial charge in [0.05, 0.1) is 6.61 Å². The van der Waals surface area contributed by atoms with Crippen LogP contribution >= 0.6 is 0 Å². The number of carbonyl (C=O) groups is 2. The lowest BCUT2D eigenvalue weighted by Gasteiger charge is -2.21. The molecule has 76 valence electrons. The molecule has 0 aromatic heterocycles. The summed E-state index contributed by atoms with van der Waals surface area (Å²) in [6.45, 7) is 5.27. The number of carbonyl (C=O) groups excluding carboxylic acids is 2. The van der Waals surface area contributed by atoms with Crippen LogP contribution in [0.4, 0.5) is 0 Å². The predicted molar refractivity (Wildman–Crippen MR) is 49.1 cm³/mol. The number of esters is 1. The molecular formula is C9H17NO3. The third kappa shape index (κ3) is 4.50. The Balaban J connectivity index is 3.89. The average Bonchev–Trinajstić information content (AvgIpc) is 2.01. The number of amides is 1. The van der Waals surface area contributed by atoms with E-state index in [1.54, 1.807) is 7.05 Å². The molecule has 4 heteroatoms. The fraction of sp³-hybridized carbons (Fsp3) is 0.778. The van der Waals surface area contributed by atoms with Crippen LogP contribution in [0.15, 0.2) is 0 Å². The van der Waals surface area contributed by atoms with Gasteiger partial charge in [-0.25, -0.2) is 0 Å². The summed E-state index contributed by atoms with van der Waals surface area (Å²) in [5.41, 5.74) is -0.482. The maximum Gasteiger partial charge on any atom is 0.302 e. The van der Waals surface area contributed by atoms with Crippen LogP contribution in [0.3, 0.4) is 0 Å². The minimum Gasteiger partial charge on any atom is -0.466 e. The Morgan fingerprint density at radius 2 is 1.92 bits per heavy atom. The number of rotatable bonds is 4. The molecule has 0 aromatic carbocycles. The second kappa shape index (κ2) is 4.84. The van der Waals surface area contributed by atoms with Crippen LogP contribution in [0.2, 0.25) is 0 Å². The zero-order valence-corrected chi connectivity index (χ0v) is 8.64. The van der Waals surface area contributed by atoms with Gasteiger partial charge in [-0.15, -0.1) is 0 Å². The Morgan fingerprint density at radius 1 is 1.38 bits per heavy atom. The molecule has 0 unspecified atom stereocenters. The minimum absolute atomic E-state index is 0.0420. The molecule has 0 fully saturated rings. The van der Waals surface area contributed by atoms with E-state index in [0.29, 0.717) is 6.42 Å². The van der Waals surface area contributed by atoms with E-state index in [9.17, 15) is 9.59 Å². The molecule has 0 aliphatic carbocycles. The highest BCUT2D eigenvalue weighted by molar-refractivity contribution is 5.81. The molecule has 0 spiro atoms. The Hall–Kier alpha value is -1.06. The molecule has 0 saturated carbocycles. The second-order valence-corrected chi connectivity index (χ2v) is 3.55. The molecule has 1 amide bonds. The first-order valence-corrected chi connectivity index (χ1v) is 4.25. The second-order valence-electron chi connectivity index (χ2n) is 3.55. The first kappa shape index (κ1) is 11.9. The van der Waals surface area contributed by atoms with E-state index in [-0.39, 0.29) is 18.5 Å². The summed E-state index contributed by atoms with van der Waals surface area (Å²) >= 11 is 0. The lowest BCUT2D eigenvalue weighted by Crippen LogP contribution is -2.35. The van der Waals surface area contributed by atoms with Crippen molar-refractivity contribution in [3.8, 4) is 0 Å². The van der Waals surface area contributed by atoms with Crippen molar-refractivity contribution in [2.75, 3.05) is 13.7 Å². The summed E-state index contributed by atoms with van der Waals surface area (Å²) < 4.78 is 4.75. The normalized spacial score (nSPS) is 10.8. The zero-order valence-electron chi connectivity index (χ0n) is 8.64. The van der Waals surface area contributed by atoms with Gasteiger partial charge in [0.25, 0.3) is 0 Å². The maximum atomic E-state index is 11.3. The van der Waals surface area contributed by atoms with Crippen LogP contribution in [-0.2, 0) is 14.3 Å². The van der Waals surface area contributed by atoms with Crippen LogP contribution in [-0.4, -0.2) is 25.5 Å². The first-order chi connectivity index (χ1) is 5.90. The molecule has 4 nitrogen and oxygen atoms in total. The molecule has 0 aliphatic heterocycles. The third-order valence-electron chi connectivity index (χ3n) is 1.87. The third-order valence-corrected chi connectivity index (χ3v) is 1.87. The molecule has 0 aliphatic rings. The molecule has 0 heterocycles. The Morgan fingerprint density at radius 3 is 2.31 bits per heavy atom. The molecule has 0 rings (SSSR count). The number of ether oxygens (including phenoxy) is 1. The molecule has 1 N–H and O–H groups in total. The highest BCUT2D eigenvalue weighted by Crippen LogP contribution is 2.19. The summed E-state index contributed by atoms with van der Waals surface area (Å²) in [6, 6.07) is 0. The van der Waals surface area contributed by atoms with Gasteiger partial charge in [0.15, 0.2) is 0 Å². The lowest BCUT2D eigenvalue weighted by atomic mass is 9.89. The monoisotopic (exact) mass is 187 g/mol. The molecule has 0 radical (unpaired) electrons. The Bertz CT molecular complexity index is 199. The van der Waals surface area contributed by atoms with Gasteiger partial charge in [0, 0.05) is 19.4 Å². The molecule has 13 heavy (non-hydrogen) atoms. The van der Waals surface area contributed by atoms with Crippen molar-refractivity contribution < 1.29 is 14.3 Å². The lowest BCUT2D eigenvalue weighted by molar-refractivity contribution is -0.143. The van der Waals surface area contributed by atoms with Gasteiger partial charge in [-0.1, -0.05) is 13.8 Å². The smallest absolute Gasteiger partial charge is 0.302 e. The highest BCUT2D eigenvalue weighted by Gasteiger charge is 2.26. The molecule has 0 aromatic rings. The van der Waals surface area contributed by atoms with Crippen molar-refractivity contribution in [1.29, 1.82) is 0 Å². The van der Waals surface area contributed by atoms with Gasteiger partial charge in [0.2, 0.25) is 5.91 Å².